The maximum Gasteiger partial charge on any atom is 0.263 e. The Hall–Kier alpha value is -3.15. The van der Waals surface area contributed by atoms with Gasteiger partial charge in [-0.25, -0.2) is 0 Å². The number of nitrogens with one attached hydrogen (secondary N) is 2. The largest absolute Gasteiger partial charge is 0.484 e. The zero-order chi connectivity index (χ0) is 16.9. The van der Waals surface area contributed by atoms with Gasteiger partial charge in [-0.05, 0) is 49.2 Å². The van der Waals surface area contributed by atoms with Gasteiger partial charge in [0.1, 0.15) is 5.75 Å². The fraction of sp³-hybridized carbons (Fsp3) is 0.167. The third-order valence-electron chi connectivity index (χ3n) is 3.68. The molecule has 24 heavy (non-hydrogen) atoms. The van der Waals surface area contributed by atoms with Crippen LogP contribution in [0.4, 0.5) is 5.82 Å². The van der Waals surface area contributed by atoms with Crippen molar-refractivity contribution in [3.8, 4) is 17.0 Å². The smallest absolute Gasteiger partial charge is 0.263 e. The average molecular weight is 322 g/mol. The summed E-state index contributed by atoms with van der Waals surface area (Å²) in [6.45, 7) is 3.97. The van der Waals surface area contributed by atoms with Crippen molar-refractivity contribution >= 4 is 11.7 Å². The Morgan fingerprint density at radius 1 is 1.12 bits per heavy atom. The molecule has 2 aromatic heterocycles. The lowest BCUT2D eigenvalue weighted by Gasteiger charge is -2.07. The molecule has 2 heterocycles. The molecule has 6 heteroatoms. The normalized spacial score (nSPS) is 10.4. The molecule has 0 saturated heterocycles. The monoisotopic (exact) mass is 322 g/mol. The van der Waals surface area contributed by atoms with E-state index < -0.39 is 0 Å². The Labute approximate surface area is 139 Å². The van der Waals surface area contributed by atoms with Crippen LogP contribution in [0, 0.1) is 13.8 Å². The Morgan fingerprint density at radius 2 is 1.92 bits per heavy atom. The highest BCUT2D eigenvalue weighted by atomic mass is 16.5. The standard InChI is InChI=1S/C18H18N4O2/c1-12-3-4-15(9-13(12)2)24-11-18(23)20-17-10-16(21-22-17)14-5-7-19-8-6-14/h3-10H,11H2,1-2H3,(H2,20,21,22,23). The predicted octanol–water partition coefficient (Wildman–Crippen LogP) is 3.11. The maximum atomic E-state index is 12.0. The van der Waals surface area contributed by atoms with Crippen LogP contribution in [0.2, 0.25) is 0 Å². The van der Waals surface area contributed by atoms with Gasteiger partial charge in [-0.3, -0.25) is 14.9 Å². The van der Waals surface area contributed by atoms with Crippen LogP contribution in [0.25, 0.3) is 11.3 Å². The molecule has 6 nitrogen and oxygen atoms in total. The lowest BCUT2D eigenvalue weighted by Crippen LogP contribution is -2.20. The Bertz CT molecular complexity index is 843. The van der Waals surface area contributed by atoms with Gasteiger partial charge < -0.3 is 10.1 Å². The molecular formula is C18H18N4O2. The molecule has 0 bridgehead atoms. The van der Waals surface area contributed by atoms with Gasteiger partial charge in [0.05, 0.1) is 5.69 Å². The molecule has 3 rings (SSSR count). The first-order valence-corrected chi connectivity index (χ1v) is 7.57. The van der Waals surface area contributed by atoms with Gasteiger partial charge in [0.25, 0.3) is 5.91 Å². The minimum absolute atomic E-state index is 0.0695. The van der Waals surface area contributed by atoms with Crippen LogP contribution in [0.5, 0.6) is 5.75 Å². The fourth-order valence-electron chi connectivity index (χ4n) is 2.20. The van der Waals surface area contributed by atoms with Gasteiger partial charge in [-0.15, -0.1) is 0 Å². The number of anilines is 1. The number of ether oxygens (including phenoxy) is 1. The zero-order valence-electron chi connectivity index (χ0n) is 13.5. The van der Waals surface area contributed by atoms with E-state index in [1.807, 2.05) is 44.2 Å². The number of H-pyrrole nitrogens is 1. The van der Waals surface area contributed by atoms with E-state index in [-0.39, 0.29) is 12.5 Å². The Balaban J connectivity index is 1.57. The SMILES string of the molecule is Cc1ccc(OCC(=O)Nc2cc(-c3ccncc3)[nH]n2)cc1C. The van der Waals surface area contributed by atoms with Gasteiger partial charge in [0.2, 0.25) is 0 Å². The number of aromatic amines is 1. The predicted molar refractivity (Wildman–Crippen MR) is 91.9 cm³/mol. The second-order valence-corrected chi connectivity index (χ2v) is 5.49. The number of carbonyl (C=O) groups is 1. The molecule has 122 valence electrons. The van der Waals surface area contributed by atoms with E-state index in [2.05, 4.69) is 20.5 Å². The van der Waals surface area contributed by atoms with Crippen LogP contribution >= 0.6 is 0 Å². The fourth-order valence-corrected chi connectivity index (χ4v) is 2.20. The van der Waals surface area contributed by atoms with Gasteiger partial charge in [-0.1, -0.05) is 6.07 Å². The van der Waals surface area contributed by atoms with Crippen molar-refractivity contribution in [1.82, 2.24) is 15.2 Å². The number of amides is 1. The van der Waals surface area contributed by atoms with Gasteiger partial charge >= 0.3 is 0 Å². The zero-order valence-corrected chi connectivity index (χ0v) is 13.5. The summed E-state index contributed by atoms with van der Waals surface area (Å²) >= 11 is 0. The van der Waals surface area contributed by atoms with Crippen LogP contribution in [-0.4, -0.2) is 27.7 Å². The molecule has 0 atom stereocenters. The summed E-state index contributed by atoms with van der Waals surface area (Å²) in [4.78, 5) is 16.0. The number of rotatable bonds is 5. The summed E-state index contributed by atoms with van der Waals surface area (Å²) in [5, 5.41) is 9.67. The van der Waals surface area contributed by atoms with Gasteiger partial charge in [-0.2, -0.15) is 5.10 Å². The molecule has 1 amide bonds. The molecule has 0 aliphatic rings. The van der Waals surface area contributed by atoms with Crippen LogP contribution in [-0.2, 0) is 4.79 Å². The van der Waals surface area contributed by atoms with Crippen molar-refractivity contribution in [3.63, 3.8) is 0 Å². The number of aromatic nitrogens is 3. The first kappa shape index (κ1) is 15.7. The van der Waals surface area contributed by atoms with E-state index in [1.54, 1.807) is 18.5 Å². The van der Waals surface area contributed by atoms with E-state index in [9.17, 15) is 4.79 Å². The summed E-state index contributed by atoms with van der Waals surface area (Å²) in [6, 6.07) is 11.2. The quantitative estimate of drug-likeness (QED) is 0.756. The van der Waals surface area contributed by atoms with E-state index in [1.165, 1.54) is 5.56 Å². The van der Waals surface area contributed by atoms with E-state index in [0.717, 1.165) is 16.8 Å². The molecule has 0 aliphatic carbocycles. The molecule has 0 fully saturated rings. The highest BCUT2D eigenvalue weighted by molar-refractivity contribution is 5.91. The van der Waals surface area contributed by atoms with Crippen molar-refractivity contribution in [3.05, 3.63) is 59.9 Å². The third kappa shape index (κ3) is 3.78. The second-order valence-electron chi connectivity index (χ2n) is 5.49. The second kappa shape index (κ2) is 6.95. The molecule has 3 aromatic rings. The summed E-state index contributed by atoms with van der Waals surface area (Å²) < 4.78 is 5.51. The summed E-state index contributed by atoms with van der Waals surface area (Å²) in [7, 11) is 0. The van der Waals surface area contributed by atoms with E-state index >= 15 is 0 Å². The van der Waals surface area contributed by atoms with E-state index in [4.69, 9.17) is 4.74 Å². The van der Waals surface area contributed by atoms with Crippen LogP contribution in [0.1, 0.15) is 11.1 Å². The molecule has 0 spiro atoms. The first-order chi connectivity index (χ1) is 11.6. The number of benzene rings is 1. The van der Waals surface area contributed by atoms with Gasteiger partial charge in [0.15, 0.2) is 12.4 Å². The first-order valence-electron chi connectivity index (χ1n) is 7.57. The Morgan fingerprint density at radius 3 is 2.67 bits per heavy atom. The van der Waals surface area contributed by atoms with Crippen LogP contribution in [0.15, 0.2) is 48.8 Å². The minimum atomic E-state index is -0.263. The molecule has 2 N–H and O–H groups in total. The minimum Gasteiger partial charge on any atom is -0.484 e. The molecule has 0 saturated carbocycles. The lowest BCUT2D eigenvalue weighted by atomic mass is 10.1. The average Bonchev–Trinajstić information content (AvgIpc) is 3.05. The third-order valence-corrected chi connectivity index (χ3v) is 3.68. The van der Waals surface area contributed by atoms with Crippen molar-refractivity contribution in [2.24, 2.45) is 0 Å². The molecule has 1 aromatic carbocycles. The topological polar surface area (TPSA) is 79.9 Å². The number of carbonyl (C=O) groups excluding carboxylic acids is 1. The van der Waals surface area contributed by atoms with Crippen molar-refractivity contribution in [2.45, 2.75) is 13.8 Å². The highest BCUT2D eigenvalue weighted by Crippen LogP contribution is 2.19. The number of pyridine rings is 1. The van der Waals surface area contributed by atoms with Gasteiger partial charge in [0, 0.05) is 24.0 Å². The van der Waals surface area contributed by atoms with Crippen molar-refractivity contribution < 1.29 is 9.53 Å². The Kier molecular flexibility index (Phi) is 4.56. The number of nitrogens with zero attached hydrogens (tertiary/aromatic N) is 2. The molecule has 0 radical (unpaired) electrons. The van der Waals surface area contributed by atoms with E-state index in [0.29, 0.717) is 11.6 Å². The van der Waals surface area contributed by atoms with Crippen LogP contribution < -0.4 is 10.1 Å². The van der Waals surface area contributed by atoms with Crippen molar-refractivity contribution in [2.75, 3.05) is 11.9 Å². The number of hydrogen-bond acceptors (Lipinski definition) is 4. The summed E-state index contributed by atoms with van der Waals surface area (Å²) in [6.07, 6.45) is 3.40. The lowest BCUT2D eigenvalue weighted by molar-refractivity contribution is -0.118. The molecule has 0 unspecified atom stereocenters. The number of hydrogen-bond donors (Lipinski definition) is 2. The summed E-state index contributed by atoms with van der Waals surface area (Å²) in [5.74, 6) is 0.865. The summed E-state index contributed by atoms with van der Waals surface area (Å²) in [5.41, 5.74) is 4.07. The highest BCUT2D eigenvalue weighted by Gasteiger charge is 2.08. The van der Waals surface area contributed by atoms with Crippen molar-refractivity contribution in [1.29, 1.82) is 0 Å². The molecular weight excluding hydrogens is 304 g/mol. The maximum absolute atomic E-state index is 12.0. The molecule has 0 aliphatic heterocycles. The van der Waals surface area contributed by atoms with Crippen LogP contribution in [0.3, 0.4) is 0 Å². The number of aryl methyl sites for hydroxylation is 2.